The summed E-state index contributed by atoms with van der Waals surface area (Å²) in [4.78, 5) is 12.3. The minimum absolute atomic E-state index is 0.0541. The summed E-state index contributed by atoms with van der Waals surface area (Å²) < 4.78 is 10.4. The Hall–Kier alpha value is -3.55. The van der Waals surface area contributed by atoms with Gasteiger partial charge < -0.3 is 34.7 Å². The highest BCUT2D eigenvalue weighted by Crippen LogP contribution is 2.42. The van der Waals surface area contributed by atoms with Gasteiger partial charge in [-0.2, -0.15) is 0 Å². The van der Waals surface area contributed by atoms with Crippen LogP contribution < -0.4 is 10.2 Å². The first-order valence-electron chi connectivity index (χ1n) is 6.65. The predicted octanol–water partition coefficient (Wildman–Crippen LogP) is 2.00. The van der Waals surface area contributed by atoms with Crippen molar-refractivity contribution in [3.63, 3.8) is 0 Å². The largest absolute Gasteiger partial charge is 0.507 e. The maximum absolute atomic E-state index is 12.3. The highest BCUT2D eigenvalue weighted by atomic mass is 16.5. The van der Waals surface area contributed by atoms with E-state index >= 15 is 0 Å². The number of rotatable bonds is 2. The zero-order valence-electron chi connectivity index (χ0n) is 12.3. The van der Waals surface area contributed by atoms with Gasteiger partial charge in [0, 0.05) is 17.7 Å². The first-order valence-corrected chi connectivity index (χ1v) is 6.65. The third-order valence-electron chi connectivity index (χ3n) is 3.49. The van der Waals surface area contributed by atoms with Gasteiger partial charge in [-0.25, -0.2) is 0 Å². The van der Waals surface area contributed by atoms with E-state index in [9.17, 15) is 30.3 Å². The van der Waals surface area contributed by atoms with E-state index in [2.05, 4.69) is 0 Å². The lowest BCUT2D eigenvalue weighted by Crippen LogP contribution is -2.03. The quantitative estimate of drug-likeness (QED) is 0.449. The van der Waals surface area contributed by atoms with Gasteiger partial charge >= 0.3 is 0 Å². The number of hydrogen-bond donors (Lipinski definition) is 5. The maximum Gasteiger partial charge on any atom is 0.238 e. The molecule has 2 aromatic carbocycles. The Morgan fingerprint density at radius 2 is 1.50 bits per heavy atom. The fourth-order valence-corrected chi connectivity index (χ4v) is 2.31. The molecular formula is C16H12O8. The molecule has 0 saturated carbocycles. The van der Waals surface area contributed by atoms with Gasteiger partial charge in [0.05, 0.1) is 7.11 Å². The van der Waals surface area contributed by atoms with E-state index in [0.29, 0.717) is 0 Å². The van der Waals surface area contributed by atoms with Crippen LogP contribution in [0.25, 0.3) is 22.3 Å². The molecule has 0 spiro atoms. The molecule has 1 heterocycles. The molecule has 0 radical (unpaired) electrons. The lowest BCUT2D eigenvalue weighted by Gasteiger charge is -2.10. The number of benzene rings is 2. The van der Waals surface area contributed by atoms with E-state index < -0.39 is 34.2 Å². The minimum atomic E-state index is -0.904. The Bertz CT molecular complexity index is 996. The van der Waals surface area contributed by atoms with E-state index in [1.807, 2.05) is 0 Å². The molecular weight excluding hydrogens is 320 g/mol. The molecule has 0 bridgehead atoms. The first-order chi connectivity index (χ1) is 11.3. The van der Waals surface area contributed by atoms with Crippen molar-refractivity contribution in [2.75, 3.05) is 7.11 Å². The highest BCUT2D eigenvalue weighted by Gasteiger charge is 2.21. The summed E-state index contributed by atoms with van der Waals surface area (Å²) in [6.07, 6.45) is 0. The van der Waals surface area contributed by atoms with Crippen LogP contribution in [0.1, 0.15) is 0 Å². The molecule has 8 heteroatoms. The molecule has 0 aliphatic carbocycles. The van der Waals surface area contributed by atoms with Gasteiger partial charge in [0.2, 0.25) is 11.2 Å². The summed E-state index contributed by atoms with van der Waals surface area (Å²) in [7, 11) is 1.36. The molecule has 0 fully saturated rings. The van der Waals surface area contributed by atoms with Crippen molar-refractivity contribution in [2.45, 2.75) is 0 Å². The van der Waals surface area contributed by atoms with Crippen molar-refractivity contribution in [3.8, 4) is 45.8 Å². The van der Waals surface area contributed by atoms with Crippen LogP contribution in [0.5, 0.6) is 34.5 Å². The molecule has 124 valence electrons. The molecule has 0 saturated heterocycles. The van der Waals surface area contributed by atoms with Crippen molar-refractivity contribution in [2.24, 2.45) is 0 Å². The van der Waals surface area contributed by atoms with Crippen molar-refractivity contribution < 1.29 is 34.7 Å². The average molecular weight is 332 g/mol. The monoisotopic (exact) mass is 332 g/mol. The maximum atomic E-state index is 12.3. The van der Waals surface area contributed by atoms with Crippen LogP contribution in [0, 0.1) is 0 Å². The van der Waals surface area contributed by atoms with Crippen LogP contribution in [0.3, 0.4) is 0 Å². The smallest absolute Gasteiger partial charge is 0.238 e. The van der Waals surface area contributed by atoms with E-state index in [0.717, 1.165) is 12.1 Å². The fraction of sp³-hybridized carbons (Fsp3) is 0.0625. The van der Waals surface area contributed by atoms with Crippen molar-refractivity contribution >= 4 is 11.0 Å². The van der Waals surface area contributed by atoms with Crippen LogP contribution in [0.4, 0.5) is 0 Å². The predicted molar refractivity (Wildman–Crippen MR) is 82.8 cm³/mol. The Balaban J connectivity index is 2.38. The second-order valence-corrected chi connectivity index (χ2v) is 4.99. The van der Waals surface area contributed by atoms with Crippen LogP contribution in [-0.4, -0.2) is 32.6 Å². The number of phenolic OH excluding ortho intramolecular Hbond substituents is 4. The highest BCUT2D eigenvalue weighted by molar-refractivity contribution is 5.88. The molecule has 0 aliphatic heterocycles. The Labute approximate surface area is 134 Å². The number of fused-ring (bicyclic) bond motifs is 1. The van der Waals surface area contributed by atoms with Gasteiger partial charge in [-0.05, 0) is 12.1 Å². The van der Waals surface area contributed by atoms with Crippen LogP contribution in [-0.2, 0) is 0 Å². The SMILES string of the molecule is COc1cc(O)c2c(=O)c(O)c(-c3cc(O)c(O)c(O)c3)oc2c1. The molecule has 3 aromatic rings. The number of ether oxygens (including phenoxy) is 1. The molecule has 0 unspecified atom stereocenters. The number of hydrogen-bond acceptors (Lipinski definition) is 8. The first kappa shape index (κ1) is 15.3. The number of phenols is 4. The van der Waals surface area contributed by atoms with Crippen LogP contribution in [0.15, 0.2) is 33.5 Å². The fourth-order valence-electron chi connectivity index (χ4n) is 2.31. The molecule has 1 aromatic heterocycles. The molecule has 24 heavy (non-hydrogen) atoms. The molecule has 0 amide bonds. The molecule has 3 rings (SSSR count). The summed E-state index contributed by atoms with van der Waals surface area (Å²) in [6, 6.07) is 4.52. The summed E-state index contributed by atoms with van der Waals surface area (Å²) in [5, 5.41) is 48.3. The topological polar surface area (TPSA) is 141 Å². The zero-order valence-corrected chi connectivity index (χ0v) is 12.3. The standard InChI is InChI=1S/C16H12O8/c1-23-7-4-8(17)12-11(5-7)24-16(15(22)14(12)21)6-2-9(18)13(20)10(19)3-6/h2-5,17-20,22H,1H3. The summed E-state index contributed by atoms with van der Waals surface area (Å²) >= 11 is 0. The average Bonchev–Trinajstić information content (AvgIpc) is 2.54. The van der Waals surface area contributed by atoms with Crippen LogP contribution >= 0.6 is 0 Å². The summed E-state index contributed by atoms with van der Waals surface area (Å²) in [6.45, 7) is 0. The van der Waals surface area contributed by atoms with Crippen molar-refractivity contribution in [3.05, 3.63) is 34.5 Å². The number of aromatic hydroxyl groups is 5. The lowest BCUT2D eigenvalue weighted by molar-refractivity contribution is 0.368. The van der Waals surface area contributed by atoms with E-state index in [-0.39, 0.29) is 28.0 Å². The Morgan fingerprint density at radius 3 is 2.08 bits per heavy atom. The molecule has 0 aliphatic rings. The van der Waals surface area contributed by atoms with E-state index in [1.54, 1.807) is 0 Å². The minimum Gasteiger partial charge on any atom is -0.507 e. The van der Waals surface area contributed by atoms with Gasteiger partial charge in [0.25, 0.3) is 0 Å². The van der Waals surface area contributed by atoms with Gasteiger partial charge in [-0.15, -0.1) is 0 Å². The third kappa shape index (κ3) is 2.21. The number of methoxy groups -OCH3 is 1. The van der Waals surface area contributed by atoms with E-state index in [4.69, 9.17) is 9.15 Å². The second kappa shape index (κ2) is 5.27. The summed E-state index contributed by atoms with van der Waals surface area (Å²) in [5.74, 6) is -3.48. The van der Waals surface area contributed by atoms with Crippen LogP contribution in [0.2, 0.25) is 0 Å². The van der Waals surface area contributed by atoms with Crippen molar-refractivity contribution in [1.82, 2.24) is 0 Å². The molecule has 5 N–H and O–H groups in total. The lowest BCUT2D eigenvalue weighted by atomic mass is 10.1. The normalized spacial score (nSPS) is 10.9. The van der Waals surface area contributed by atoms with Gasteiger partial charge in [0.1, 0.15) is 22.5 Å². The Morgan fingerprint density at radius 1 is 0.875 bits per heavy atom. The molecule has 0 atom stereocenters. The van der Waals surface area contributed by atoms with Gasteiger partial charge in [-0.3, -0.25) is 4.79 Å². The van der Waals surface area contributed by atoms with E-state index in [1.165, 1.54) is 19.2 Å². The zero-order chi connectivity index (χ0) is 17.6. The van der Waals surface area contributed by atoms with Crippen molar-refractivity contribution in [1.29, 1.82) is 0 Å². The van der Waals surface area contributed by atoms with Gasteiger partial charge in [-0.1, -0.05) is 0 Å². The third-order valence-corrected chi connectivity index (χ3v) is 3.49. The Kier molecular flexibility index (Phi) is 3.37. The summed E-state index contributed by atoms with van der Waals surface area (Å²) in [5.41, 5.74) is -1.03. The van der Waals surface area contributed by atoms with Gasteiger partial charge in [0.15, 0.2) is 23.0 Å². The molecule has 8 nitrogen and oxygen atoms in total. The second-order valence-electron chi connectivity index (χ2n) is 4.99.